The monoisotopic (exact) mass is 362 g/mol. The number of rotatable bonds is 5. The molecule has 4 rings (SSSR count). The summed E-state index contributed by atoms with van der Waals surface area (Å²) < 4.78 is 10.8. The van der Waals surface area contributed by atoms with Gasteiger partial charge in [0.25, 0.3) is 0 Å². The summed E-state index contributed by atoms with van der Waals surface area (Å²) >= 11 is 0. The number of imidazole rings is 1. The van der Waals surface area contributed by atoms with Gasteiger partial charge in [0.1, 0.15) is 17.3 Å². The molecule has 0 aliphatic rings. The fourth-order valence-electron chi connectivity index (χ4n) is 2.66. The quantitative estimate of drug-likeness (QED) is 0.418. The molecule has 2 aromatic heterocycles. The fraction of sp³-hybridized carbons (Fsp3) is 0.0526. The van der Waals surface area contributed by atoms with Crippen LogP contribution in [0.1, 0.15) is 0 Å². The number of H-pyrrole nitrogens is 1. The highest BCUT2D eigenvalue weighted by molar-refractivity contribution is 5.79. The van der Waals surface area contributed by atoms with Crippen LogP contribution in [0, 0.1) is 10.1 Å². The van der Waals surface area contributed by atoms with Crippen LogP contribution in [0.4, 0.5) is 5.69 Å². The highest BCUT2D eigenvalue weighted by Crippen LogP contribution is 2.35. The maximum absolute atomic E-state index is 11.5. The molecular formula is C19H14N4O4. The Morgan fingerprint density at radius 2 is 1.85 bits per heavy atom. The normalized spacial score (nSPS) is 10.7. The minimum Gasteiger partial charge on any atom is -0.497 e. The molecule has 0 amide bonds. The van der Waals surface area contributed by atoms with E-state index in [1.807, 2.05) is 0 Å². The van der Waals surface area contributed by atoms with Crippen LogP contribution in [0.25, 0.3) is 22.4 Å². The molecule has 0 saturated carbocycles. The molecule has 1 N–H and O–H groups in total. The van der Waals surface area contributed by atoms with Gasteiger partial charge in [-0.15, -0.1) is 0 Å². The number of pyridine rings is 1. The van der Waals surface area contributed by atoms with E-state index >= 15 is 0 Å². The molecule has 0 spiro atoms. The molecule has 8 heteroatoms. The number of benzene rings is 2. The number of methoxy groups -OCH3 is 1. The first kappa shape index (κ1) is 16.5. The summed E-state index contributed by atoms with van der Waals surface area (Å²) in [6.45, 7) is 0. The largest absolute Gasteiger partial charge is 0.497 e. The third kappa shape index (κ3) is 3.28. The van der Waals surface area contributed by atoms with Gasteiger partial charge in [0, 0.05) is 17.8 Å². The summed E-state index contributed by atoms with van der Waals surface area (Å²) in [5.41, 5.74) is 1.93. The highest BCUT2D eigenvalue weighted by atomic mass is 16.6. The standard InChI is InChI=1S/C19H14N4O4/c1-26-13-3-5-14(6-4-13)27-18-7-2-12(10-17(18)23(24)25)19-21-15-8-9-20-11-16(15)22-19/h2-11H,1H3,(H,21,22). The molecule has 0 aliphatic carbocycles. The van der Waals surface area contributed by atoms with Crippen molar-refractivity contribution in [3.05, 3.63) is 71.0 Å². The van der Waals surface area contributed by atoms with Crippen molar-refractivity contribution < 1.29 is 14.4 Å². The van der Waals surface area contributed by atoms with Gasteiger partial charge in [-0.25, -0.2) is 4.98 Å². The average Bonchev–Trinajstić information content (AvgIpc) is 3.13. The first-order valence-corrected chi connectivity index (χ1v) is 8.04. The van der Waals surface area contributed by atoms with Crippen molar-refractivity contribution in [3.63, 3.8) is 0 Å². The van der Waals surface area contributed by atoms with Crippen LogP contribution in [-0.2, 0) is 0 Å². The summed E-state index contributed by atoms with van der Waals surface area (Å²) in [5, 5.41) is 11.5. The Balaban J connectivity index is 1.69. The molecule has 134 valence electrons. The molecule has 0 atom stereocenters. The van der Waals surface area contributed by atoms with Crippen LogP contribution < -0.4 is 9.47 Å². The molecule has 0 fully saturated rings. The summed E-state index contributed by atoms with van der Waals surface area (Å²) in [6.07, 6.45) is 3.29. The molecule has 8 nitrogen and oxygen atoms in total. The SMILES string of the molecule is COc1ccc(Oc2ccc(-c3nc4ccncc4[nH]3)cc2[N+](=O)[O-])cc1. The zero-order chi connectivity index (χ0) is 18.8. The number of nitrogens with one attached hydrogen (secondary N) is 1. The third-order valence-corrected chi connectivity index (χ3v) is 4.00. The van der Waals surface area contributed by atoms with E-state index in [1.54, 1.807) is 62.0 Å². The Kier molecular flexibility index (Phi) is 4.13. The average molecular weight is 362 g/mol. The van der Waals surface area contributed by atoms with E-state index in [2.05, 4.69) is 15.0 Å². The summed E-state index contributed by atoms with van der Waals surface area (Å²) in [5.74, 6) is 1.82. The van der Waals surface area contributed by atoms with Crippen molar-refractivity contribution in [1.29, 1.82) is 0 Å². The zero-order valence-electron chi connectivity index (χ0n) is 14.2. The minimum absolute atomic E-state index is 0.145. The predicted molar refractivity (Wildman–Crippen MR) is 99.0 cm³/mol. The van der Waals surface area contributed by atoms with Crippen molar-refractivity contribution in [1.82, 2.24) is 15.0 Å². The Hall–Kier alpha value is -3.94. The van der Waals surface area contributed by atoms with Gasteiger partial charge in [0.15, 0.2) is 0 Å². The number of hydrogen-bond acceptors (Lipinski definition) is 6. The van der Waals surface area contributed by atoms with Crippen molar-refractivity contribution in [2.24, 2.45) is 0 Å². The van der Waals surface area contributed by atoms with E-state index in [-0.39, 0.29) is 11.4 Å². The Labute approximate surface area is 153 Å². The molecule has 2 aromatic carbocycles. The predicted octanol–water partition coefficient (Wildman–Crippen LogP) is 4.33. The van der Waals surface area contributed by atoms with Crippen LogP contribution in [0.3, 0.4) is 0 Å². The van der Waals surface area contributed by atoms with Gasteiger partial charge >= 0.3 is 5.69 Å². The van der Waals surface area contributed by atoms with Crippen LogP contribution in [0.15, 0.2) is 60.9 Å². The maximum atomic E-state index is 11.5. The van der Waals surface area contributed by atoms with E-state index in [1.165, 1.54) is 6.07 Å². The van der Waals surface area contributed by atoms with Crippen LogP contribution in [-0.4, -0.2) is 27.0 Å². The van der Waals surface area contributed by atoms with Crippen molar-refractivity contribution in [2.75, 3.05) is 7.11 Å². The molecule has 0 saturated heterocycles. The lowest BCUT2D eigenvalue weighted by Gasteiger charge is -2.08. The first-order chi connectivity index (χ1) is 13.1. The van der Waals surface area contributed by atoms with Gasteiger partial charge in [-0.2, -0.15) is 0 Å². The Morgan fingerprint density at radius 1 is 1.07 bits per heavy atom. The number of hydrogen-bond donors (Lipinski definition) is 1. The second-order valence-electron chi connectivity index (χ2n) is 5.70. The maximum Gasteiger partial charge on any atom is 0.312 e. The van der Waals surface area contributed by atoms with Crippen LogP contribution >= 0.6 is 0 Å². The molecule has 4 aromatic rings. The molecular weight excluding hydrogens is 348 g/mol. The van der Waals surface area contributed by atoms with Crippen molar-refractivity contribution >= 4 is 16.7 Å². The number of ether oxygens (including phenoxy) is 2. The Bertz CT molecular complexity index is 1090. The molecule has 0 bridgehead atoms. The third-order valence-electron chi connectivity index (χ3n) is 4.00. The lowest BCUT2D eigenvalue weighted by molar-refractivity contribution is -0.385. The second kappa shape index (κ2) is 6.75. The van der Waals surface area contributed by atoms with E-state index < -0.39 is 4.92 Å². The lowest BCUT2D eigenvalue weighted by atomic mass is 10.1. The number of nitrogens with zero attached hydrogens (tertiary/aromatic N) is 3. The number of nitro groups is 1. The van der Waals surface area contributed by atoms with Crippen molar-refractivity contribution in [2.45, 2.75) is 0 Å². The number of aromatic amines is 1. The first-order valence-electron chi connectivity index (χ1n) is 8.04. The minimum atomic E-state index is -0.480. The molecule has 27 heavy (non-hydrogen) atoms. The van der Waals surface area contributed by atoms with Gasteiger partial charge in [0.2, 0.25) is 5.75 Å². The van der Waals surface area contributed by atoms with Gasteiger partial charge in [0.05, 0.1) is 29.3 Å². The Morgan fingerprint density at radius 3 is 2.56 bits per heavy atom. The van der Waals surface area contributed by atoms with Crippen LogP contribution in [0.2, 0.25) is 0 Å². The van der Waals surface area contributed by atoms with Crippen LogP contribution in [0.5, 0.6) is 17.2 Å². The smallest absolute Gasteiger partial charge is 0.312 e. The van der Waals surface area contributed by atoms with Gasteiger partial charge in [-0.1, -0.05) is 0 Å². The molecule has 0 radical (unpaired) electrons. The molecule has 0 aliphatic heterocycles. The van der Waals surface area contributed by atoms with E-state index in [0.717, 1.165) is 11.0 Å². The number of aromatic nitrogens is 3. The number of fused-ring (bicyclic) bond motifs is 1. The van der Waals surface area contributed by atoms with Gasteiger partial charge < -0.3 is 14.5 Å². The van der Waals surface area contributed by atoms with Gasteiger partial charge in [-0.3, -0.25) is 15.1 Å². The van der Waals surface area contributed by atoms with E-state index in [4.69, 9.17) is 9.47 Å². The molecule has 0 unspecified atom stereocenters. The summed E-state index contributed by atoms with van der Waals surface area (Å²) in [6, 6.07) is 13.3. The number of nitro benzene ring substituents is 1. The van der Waals surface area contributed by atoms with E-state index in [0.29, 0.717) is 22.9 Å². The lowest BCUT2D eigenvalue weighted by Crippen LogP contribution is -1.95. The zero-order valence-corrected chi connectivity index (χ0v) is 14.2. The topological polar surface area (TPSA) is 103 Å². The fourth-order valence-corrected chi connectivity index (χ4v) is 2.66. The molecule has 2 heterocycles. The second-order valence-corrected chi connectivity index (χ2v) is 5.70. The van der Waals surface area contributed by atoms with Crippen molar-refractivity contribution in [3.8, 4) is 28.6 Å². The van der Waals surface area contributed by atoms with E-state index in [9.17, 15) is 10.1 Å². The highest BCUT2D eigenvalue weighted by Gasteiger charge is 2.19. The summed E-state index contributed by atoms with van der Waals surface area (Å²) in [4.78, 5) is 22.6. The summed E-state index contributed by atoms with van der Waals surface area (Å²) in [7, 11) is 1.56. The van der Waals surface area contributed by atoms with Gasteiger partial charge in [-0.05, 0) is 42.5 Å².